The predicted molar refractivity (Wildman–Crippen MR) is 118 cm³/mol. The lowest BCUT2D eigenvalue weighted by Crippen LogP contribution is -2.13. The van der Waals surface area contributed by atoms with Crippen molar-refractivity contribution in [1.82, 2.24) is 9.78 Å². The van der Waals surface area contributed by atoms with Gasteiger partial charge in [-0.25, -0.2) is 4.68 Å². The summed E-state index contributed by atoms with van der Waals surface area (Å²) in [4.78, 5) is 11.2. The van der Waals surface area contributed by atoms with Gasteiger partial charge in [-0.2, -0.15) is 5.10 Å². The number of carbonyl (C=O) groups is 1. The summed E-state index contributed by atoms with van der Waals surface area (Å²) in [5, 5.41) is 5.45. The van der Waals surface area contributed by atoms with E-state index in [1.807, 2.05) is 89.7 Å². The van der Waals surface area contributed by atoms with Crippen molar-refractivity contribution in [3.63, 3.8) is 0 Å². The maximum Gasteiger partial charge on any atom is 0.221 e. The van der Waals surface area contributed by atoms with Crippen molar-refractivity contribution >= 4 is 17.5 Å². The fourth-order valence-corrected chi connectivity index (χ4v) is 3.31. The van der Waals surface area contributed by atoms with E-state index in [1.54, 1.807) is 0 Å². The highest BCUT2D eigenvalue weighted by molar-refractivity contribution is 6.30. The van der Waals surface area contributed by atoms with E-state index in [0.717, 1.165) is 28.1 Å². The molecule has 5 nitrogen and oxygen atoms in total. The highest BCUT2D eigenvalue weighted by Crippen LogP contribution is 2.26. The molecule has 0 unspecified atom stereocenters. The summed E-state index contributed by atoms with van der Waals surface area (Å²) < 4.78 is 7.86. The molecule has 4 aromatic rings. The van der Waals surface area contributed by atoms with E-state index < -0.39 is 0 Å². The zero-order valence-corrected chi connectivity index (χ0v) is 16.9. The van der Waals surface area contributed by atoms with Crippen LogP contribution in [0.4, 0.5) is 0 Å². The number of benzene rings is 3. The molecule has 0 atom stereocenters. The van der Waals surface area contributed by atoms with Crippen LogP contribution < -0.4 is 10.5 Å². The first kappa shape index (κ1) is 19.7. The Hall–Kier alpha value is -3.57. The van der Waals surface area contributed by atoms with Crippen LogP contribution in [0.5, 0.6) is 5.75 Å². The predicted octanol–water partition coefficient (Wildman–Crippen LogP) is 4.80. The number of amides is 1. The lowest BCUT2D eigenvalue weighted by molar-refractivity contribution is -0.117. The molecule has 30 heavy (non-hydrogen) atoms. The second kappa shape index (κ2) is 8.84. The lowest BCUT2D eigenvalue weighted by atomic mass is 10.1. The number of carbonyl (C=O) groups excluding carboxylic acids is 1. The third kappa shape index (κ3) is 4.70. The SMILES string of the molecule is NC(=O)Cc1cccc(OCc2cn(-c3ccccc3)nc2-c2ccc(Cl)cc2)c1. The molecule has 0 saturated heterocycles. The number of hydrogen-bond donors (Lipinski definition) is 1. The Balaban J connectivity index is 1.63. The zero-order valence-electron chi connectivity index (χ0n) is 16.2. The Kier molecular flexibility index (Phi) is 5.82. The first-order valence-corrected chi connectivity index (χ1v) is 9.86. The van der Waals surface area contributed by atoms with Gasteiger partial charge in [0.15, 0.2) is 0 Å². The van der Waals surface area contributed by atoms with Gasteiger partial charge in [-0.1, -0.05) is 54.1 Å². The second-order valence-electron chi connectivity index (χ2n) is 6.87. The number of rotatable bonds is 7. The number of para-hydroxylation sites is 1. The first-order valence-electron chi connectivity index (χ1n) is 9.48. The average molecular weight is 418 g/mol. The van der Waals surface area contributed by atoms with Crippen LogP contribution >= 0.6 is 11.6 Å². The van der Waals surface area contributed by atoms with Gasteiger partial charge in [-0.05, 0) is 42.0 Å². The summed E-state index contributed by atoms with van der Waals surface area (Å²) in [6.45, 7) is 0.324. The quantitative estimate of drug-likeness (QED) is 0.469. The molecule has 1 aromatic heterocycles. The van der Waals surface area contributed by atoms with Crippen molar-refractivity contribution in [3.05, 3.63) is 101 Å². The molecule has 6 heteroatoms. The molecule has 0 spiro atoms. The number of halogens is 1. The van der Waals surface area contributed by atoms with Crippen molar-refractivity contribution in [2.45, 2.75) is 13.0 Å². The fraction of sp³-hybridized carbons (Fsp3) is 0.0833. The molecule has 0 radical (unpaired) electrons. The monoisotopic (exact) mass is 417 g/mol. The Bertz CT molecular complexity index is 1150. The minimum absolute atomic E-state index is 0.180. The molecular formula is C24H20ClN3O2. The summed E-state index contributed by atoms with van der Waals surface area (Å²) in [5.74, 6) is 0.296. The molecule has 2 N–H and O–H groups in total. The molecule has 0 bridgehead atoms. The fourth-order valence-electron chi connectivity index (χ4n) is 3.19. The molecule has 1 heterocycles. The van der Waals surface area contributed by atoms with Gasteiger partial charge >= 0.3 is 0 Å². The smallest absolute Gasteiger partial charge is 0.221 e. The summed E-state index contributed by atoms with van der Waals surface area (Å²) in [5.41, 5.74) is 9.78. The van der Waals surface area contributed by atoms with Crippen LogP contribution in [0.15, 0.2) is 85.1 Å². The van der Waals surface area contributed by atoms with E-state index in [0.29, 0.717) is 17.4 Å². The van der Waals surface area contributed by atoms with Crippen LogP contribution in [-0.4, -0.2) is 15.7 Å². The van der Waals surface area contributed by atoms with Crippen LogP contribution in [0.3, 0.4) is 0 Å². The Labute approximate surface area is 179 Å². The van der Waals surface area contributed by atoms with Gasteiger partial charge in [0.05, 0.1) is 17.8 Å². The summed E-state index contributed by atoms with van der Waals surface area (Å²) in [7, 11) is 0. The second-order valence-corrected chi connectivity index (χ2v) is 7.31. The molecule has 150 valence electrons. The molecule has 0 aliphatic rings. The summed E-state index contributed by atoms with van der Waals surface area (Å²) in [6, 6.07) is 24.9. The van der Waals surface area contributed by atoms with Gasteiger partial charge < -0.3 is 10.5 Å². The number of nitrogens with zero attached hydrogens (tertiary/aromatic N) is 2. The molecule has 0 aliphatic heterocycles. The molecule has 0 aliphatic carbocycles. The molecule has 1 amide bonds. The maximum absolute atomic E-state index is 11.2. The number of ether oxygens (including phenoxy) is 1. The Morgan fingerprint density at radius 2 is 1.77 bits per heavy atom. The van der Waals surface area contributed by atoms with Crippen LogP contribution in [-0.2, 0) is 17.8 Å². The van der Waals surface area contributed by atoms with Gasteiger partial charge in [-0.3, -0.25) is 4.79 Å². The number of hydrogen-bond acceptors (Lipinski definition) is 3. The van der Waals surface area contributed by atoms with E-state index >= 15 is 0 Å². The Morgan fingerprint density at radius 3 is 2.50 bits per heavy atom. The number of nitrogens with two attached hydrogens (primary N) is 1. The van der Waals surface area contributed by atoms with Crippen molar-refractivity contribution in [1.29, 1.82) is 0 Å². The van der Waals surface area contributed by atoms with E-state index in [-0.39, 0.29) is 12.3 Å². The van der Waals surface area contributed by atoms with Gasteiger partial charge in [0.1, 0.15) is 12.4 Å². The van der Waals surface area contributed by atoms with Crippen molar-refractivity contribution in [3.8, 4) is 22.7 Å². The zero-order chi connectivity index (χ0) is 20.9. The highest BCUT2D eigenvalue weighted by atomic mass is 35.5. The topological polar surface area (TPSA) is 70.1 Å². The lowest BCUT2D eigenvalue weighted by Gasteiger charge is -2.08. The first-order chi connectivity index (χ1) is 14.6. The standard InChI is InChI=1S/C24H20ClN3O2/c25-20-11-9-18(10-12-20)24-19(15-28(27-24)21-6-2-1-3-7-21)16-30-22-8-4-5-17(13-22)14-23(26)29/h1-13,15H,14,16H2,(H2,26,29). The summed E-state index contributed by atoms with van der Waals surface area (Å²) in [6.07, 6.45) is 2.14. The largest absolute Gasteiger partial charge is 0.489 e. The third-order valence-corrected chi connectivity index (χ3v) is 4.85. The number of primary amides is 1. The molecule has 3 aromatic carbocycles. The van der Waals surface area contributed by atoms with Gasteiger partial charge in [0, 0.05) is 22.3 Å². The molecular weight excluding hydrogens is 398 g/mol. The third-order valence-electron chi connectivity index (χ3n) is 4.60. The molecule has 4 rings (SSSR count). The van der Waals surface area contributed by atoms with Crippen LogP contribution in [0.1, 0.15) is 11.1 Å². The maximum atomic E-state index is 11.2. The van der Waals surface area contributed by atoms with Crippen molar-refractivity contribution in [2.24, 2.45) is 5.73 Å². The number of aromatic nitrogens is 2. The van der Waals surface area contributed by atoms with Crippen LogP contribution in [0, 0.1) is 0 Å². The van der Waals surface area contributed by atoms with Gasteiger partial charge in [-0.15, -0.1) is 0 Å². The highest BCUT2D eigenvalue weighted by Gasteiger charge is 2.13. The summed E-state index contributed by atoms with van der Waals surface area (Å²) >= 11 is 6.05. The molecule has 0 fully saturated rings. The van der Waals surface area contributed by atoms with E-state index in [9.17, 15) is 4.79 Å². The van der Waals surface area contributed by atoms with Gasteiger partial charge in [0.25, 0.3) is 0 Å². The van der Waals surface area contributed by atoms with Crippen LogP contribution in [0.25, 0.3) is 16.9 Å². The molecule has 0 saturated carbocycles. The minimum atomic E-state index is -0.374. The normalized spacial score (nSPS) is 10.7. The van der Waals surface area contributed by atoms with E-state index in [2.05, 4.69) is 0 Å². The Morgan fingerprint density at radius 1 is 1.00 bits per heavy atom. The van der Waals surface area contributed by atoms with Crippen LogP contribution in [0.2, 0.25) is 5.02 Å². The average Bonchev–Trinajstić information content (AvgIpc) is 3.17. The van der Waals surface area contributed by atoms with Crippen molar-refractivity contribution < 1.29 is 9.53 Å². The van der Waals surface area contributed by atoms with Crippen molar-refractivity contribution in [2.75, 3.05) is 0 Å². The minimum Gasteiger partial charge on any atom is -0.489 e. The van der Waals surface area contributed by atoms with Gasteiger partial charge in [0.2, 0.25) is 5.91 Å². The van der Waals surface area contributed by atoms with E-state index in [4.69, 9.17) is 27.2 Å². The van der Waals surface area contributed by atoms with E-state index in [1.165, 1.54) is 0 Å².